The van der Waals surface area contributed by atoms with Crippen molar-refractivity contribution >= 4 is 10.0 Å². The first kappa shape index (κ1) is 17.8. The van der Waals surface area contributed by atoms with Crippen molar-refractivity contribution in [3.63, 3.8) is 0 Å². The van der Waals surface area contributed by atoms with Gasteiger partial charge in [-0.15, -0.1) is 0 Å². The van der Waals surface area contributed by atoms with Gasteiger partial charge in [-0.25, -0.2) is 13.1 Å². The molecule has 1 aliphatic rings. The van der Waals surface area contributed by atoms with Crippen molar-refractivity contribution < 1.29 is 17.9 Å². The summed E-state index contributed by atoms with van der Waals surface area (Å²) < 4.78 is 40.5. The van der Waals surface area contributed by atoms with Gasteiger partial charge in [0.1, 0.15) is 0 Å². The molecule has 3 rings (SSSR count). The average molecular weight is 365 g/mol. The van der Waals surface area contributed by atoms with Gasteiger partial charge in [0.2, 0.25) is 0 Å². The lowest BCUT2D eigenvalue weighted by atomic mass is 9.96. The molecule has 25 heavy (non-hydrogen) atoms. The summed E-state index contributed by atoms with van der Waals surface area (Å²) in [6, 6.07) is 7.34. The number of hydrogen-bond donors (Lipinski definition) is 1. The van der Waals surface area contributed by atoms with E-state index >= 15 is 0 Å². The summed E-state index contributed by atoms with van der Waals surface area (Å²) in [5.41, 5.74) is 1.72. The molecule has 1 aromatic heterocycles. The first-order valence-corrected chi connectivity index (χ1v) is 9.75. The van der Waals surface area contributed by atoms with Crippen molar-refractivity contribution in [3.05, 3.63) is 35.5 Å². The van der Waals surface area contributed by atoms with Crippen LogP contribution >= 0.6 is 0 Å². The van der Waals surface area contributed by atoms with Crippen LogP contribution in [0.2, 0.25) is 0 Å². The first-order valence-electron chi connectivity index (χ1n) is 8.27. The topological polar surface area (TPSA) is 82.5 Å². The number of aryl methyl sites for hydroxylation is 2. The number of sulfonamides is 1. The third-order valence-corrected chi connectivity index (χ3v) is 5.68. The highest BCUT2D eigenvalue weighted by atomic mass is 32.2. The largest absolute Gasteiger partial charge is 0.493 e. The Morgan fingerprint density at radius 3 is 2.96 bits per heavy atom. The summed E-state index contributed by atoms with van der Waals surface area (Å²) in [6.07, 6.45) is 0.737. The predicted octanol–water partition coefficient (Wildman–Crippen LogP) is 1.75. The SMILES string of the molecule is CCn1nc(C)cc1S(=O)(=O)NCC1COc2c(cccc2OC)C1. The summed E-state index contributed by atoms with van der Waals surface area (Å²) in [5.74, 6) is 1.52. The number of hydrogen-bond acceptors (Lipinski definition) is 5. The smallest absolute Gasteiger partial charge is 0.257 e. The molecule has 0 spiro atoms. The Balaban J connectivity index is 1.70. The lowest BCUT2D eigenvalue weighted by Gasteiger charge is -2.26. The fraction of sp³-hybridized carbons (Fsp3) is 0.471. The monoisotopic (exact) mass is 365 g/mol. The Labute approximate surface area is 148 Å². The molecule has 0 saturated carbocycles. The fourth-order valence-electron chi connectivity index (χ4n) is 3.01. The Morgan fingerprint density at radius 2 is 2.24 bits per heavy atom. The van der Waals surface area contributed by atoms with E-state index in [-0.39, 0.29) is 10.9 Å². The maximum Gasteiger partial charge on any atom is 0.257 e. The molecule has 136 valence electrons. The zero-order chi connectivity index (χ0) is 18.0. The number of methoxy groups -OCH3 is 1. The normalized spacial score (nSPS) is 17.0. The molecule has 1 aliphatic heterocycles. The molecule has 1 unspecified atom stereocenters. The highest BCUT2D eigenvalue weighted by Gasteiger charge is 2.26. The minimum absolute atomic E-state index is 0.0634. The van der Waals surface area contributed by atoms with Crippen LogP contribution in [0.1, 0.15) is 18.2 Å². The van der Waals surface area contributed by atoms with Crippen molar-refractivity contribution in [2.45, 2.75) is 31.8 Å². The minimum Gasteiger partial charge on any atom is -0.493 e. The average Bonchev–Trinajstić information content (AvgIpc) is 3.01. The summed E-state index contributed by atoms with van der Waals surface area (Å²) in [7, 11) is -1.99. The van der Waals surface area contributed by atoms with E-state index in [0.717, 1.165) is 17.7 Å². The third-order valence-electron chi connectivity index (χ3n) is 4.25. The zero-order valence-electron chi connectivity index (χ0n) is 14.7. The molecule has 1 aromatic carbocycles. The molecule has 7 nitrogen and oxygen atoms in total. The molecular formula is C17H23N3O4S. The molecule has 2 heterocycles. The van der Waals surface area contributed by atoms with Crippen LogP contribution in [0.4, 0.5) is 0 Å². The van der Waals surface area contributed by atoms with E-state index < -0.39 is 10.0 Å². The lowest BCUT2D eigenvalue weighted by Crippen LogP contribution is -2.35. The molecule has 0 radical (unpaired) electrons. The Kier molecular flexibility index (Phi) is 5.01. The third kappa shape index (κ3) is 3.64. The van der Waals surface area contributed by atoms with Gasteiger partial charge in [0.15, 0.2) is 16.5 Å². The number of nitrogens with one attached hydrogen (secondary N) is 1. The van der Waals surface area contributed by atoms with Gasteiger partial charge in [-0.3, -0.25) is 4.68 Å². The number of aromatic nitrogens is 2. The Morgan fingerprint density at radius 1 is 1.44 bits per heavy atom. The van der Waals surface area contributed by atoms with Crippen LogP contribution in [0.5, 0.6) is 11.5 Å². The molecule has 0 bridgehead atoms. The number of nitrogens with zero attached hydrogens (tertiary/aromatic N) is 2. The first-order chi connectivity index (χ1) is 11.9. The fourth-order valence-corrected chi connectivity index (χ4v) is 4.39. The van der Waals surface area contributed by atoms with E-state index in [0.29, 0.717) is 31.1 Å². The molecular weight excluding hydrogens is 342 g/mol. The molecule has 8 heteroatoms. The van der Waals surface area contributed by atoms with Gasteiger partial charge in [-0.05, 0) is 38.0 Å². The van der Waals surface area contributed by atoms with Crippen LogP contribution < -0.4 is 14.2 Å². The summed E-state index contributed by atoms with van der Waals surface area (Å²) in [4.78, 5) is 0. The van der Waals surface area contributed by atoms with Gasteiger partial charge < -0.3 is 9.47 Å². The highest BCUT2D eigenvalue weighted by molar-refractivity contribution is 7.89. The highest BCUT2D eigenvalue weighted by Crippen LogP contribution is 2.35. The Hall–Kier alpha value is -2.06. The van der Waals surface area contributed by atoms with E-state index in [1.54, 1.807) is 20.1 Å². The van der Waals surface area contributed by atoms with Crippen LogP contribution in [0.25, 0.3) is 0 Å². The van der Waals surface area contributed by atoms with Crippen LogP contribution in [-0.2, 0) is 23.0 Å². The van der Waals surface area contributed by atoms with Crippen molar-refractivity contribution in [2.75, 3.05) is 20.3 Å². The van der Waals surface area contributed by atoms with Crippen molar-refractivity contribution in [3.8, 4) is 11.5 Å². The minimum atomic E-state index is -3.60. The van der Waals surface area contributed by atoms with E-state index in [9.17, 15) is 8.42 Å². The van der Waals surface area contributed by atoms with Gasteiger partial charge in [0.25, 0.3) is 10.0 Å². The standard InChI is InChI=1S/C17H23N3O4S/c1-4-20-16(8-12(2)19-20)25(21,22)18-10-13-9-14-6-5-7-15(23-3)17(14)24-11-13/h5-8,13,18H,4,9-11H2,1-3H3. The van der Waals surface area contributed by atoms with Crippen LogP contribution in [0.3, 0.4) is 0 Å². The van der Waals surface area contributed by atoms with Crippen molar-refractivity contribution in [2.24, 2.45) is 5.92 Å². The molecule has 0 saturated heterocycles. The molecule has 2 aromatic rings. The summed E-state index contributed by atoms with van der Waals surface area (Å²) >= 11 is 0. The molecule has 1 atom stereocenters. The molecule has 1 N–H and O–H groups in total. The number of fused-ring (bicyclic) bond motifs is 1. The van der Waals surface area contributed by atoms with E-state index in [1.807, 2.05) is 25.1 Å². The maximum absolute atomic E-state index is 12.6. The van der Waals surface area contributed by atoms with Crippen molar-refractivity contribution in [1.29, 1.82) is 0 Å². The maximum atomic E-state index is 12.6. The van der Waals surface area contributed by atoms with E-state index in [2.05, 4.69) is 9.82 Å². The quantitative estimate of drug-likeness (QED) is 0.843. The second-order valence-electron chi connectivity index (χ2n) is 6.12. The van der Waals surface area contributed by atoms with Crippen LogP contribution in [0.15, 0.2) is 29.3 Å². The van der Waals surface area contributed by atoms with Gasteiger partial charge in [-0.1, -0.05) is 12.1 Å². The van der Waals surface area contributed by atoms with Gasteiger partial charge in [0.05, 0.1) is 19.4 Å². The number of ether oxygens (including phenoxy) is 2. The Bertz CT molecular complexity index is 861. The molecule has 0 fully saturated rings. The van der Waals surface area contributed by atoms with Crippen LogP contribution in [-0.4, -0.2) is 38.5 Å². The molecule has 0 amide bonds. The van der Waals surface area contributed by atoms with Crippen molar-refractivity contribution in [1.82, 2.24) is 14.5 Å². The number of para-hydroxylation sites is 1. The van der Waals surface area contributed by atoms with Gasteiger partial charge in [0, 0.05) is 19.0 Å². The summed E-state index contributed by atoms with van der Waals surface area (Å²) in [5, 5.41) is 4.40. The molecule has 0 aliphatic carbocycles. The van der Waals surface area contributed by atoms with E-state index in [4.69, 9.17) is 9.47 Å². The zero-order valence-corrected chi connectivity index (χ0v) is 15.5. The number of benzene rings is 1. The second kappa shape index (κ2) is 7.05. The lowest BCUT2D eigenvalue weighted by molar-refractivity contribution is 0.213. The van der Waals surface area contributed by atoms with Gasteiger partial charge in [-0.2, -0.15) is 5.10 Å². The van der Waals surface area contributed by atoms with Gasteiger partial charge >= 0.3 is 0 Å². The summed E-state index contributed by atoms with van der Waals surface area (Å²) in [6.45, 7) is 4.91. The predicted molar refractivity (Wildman–Crippen MR) is 93.5 cm³/mol. The van der Waals surface area contributed by atoms with E-state index in [1.165, 1.54) is 4.68 Å². The number of rotatable bonds is 6. The second-order valence-corrected chi connectivity index (χ2v) is 7.84. The van der Waals surface area contributed by atoms with Crippen LogP contribution in [0, 0.1) is 12.8 Å².